The molecule has 1 unspecified atom stereocenters. The van der Waals surface area contributed by atoms with Crippen molar-refractivity contribution in [3.63, 3.8) is 0 Å². The van der Waals surface area contributed by atoms with Gasteiger partial charge in [-0.05, 0) is 43.5 Å². The molecule has 1 aromatic carbocycles. The predicted molar refractivity (Wildman–Crippen MR) is 99.1 cm³/mol. The first-order valence-corrected chi connectivity index (χ1v) is 9.11. The fourth-order valence-electron chi connectivity index (χ4n) is 3.65. The Kier molecular flexibility index (Phi) is 4.61. The van der Waals surface area contributed by atoms with Crippen molar-refractivity contribution in [3.8, 4) is 0 Å². The highest BCUT2D eigenvalue weighted by atomic mass is 16.4. The molecular weight excluding hydrogens is 326 g/mol. The molecule has 0 N–H and O–H groups in total. The molecule has 1 atom stereocenters. The van der Waals surface area contributed by atoms with Crippen LogP contribution >= 0.6 is 0 Å². The van der Waals surface area contributed by atoms with Gasteiger partial charge < -0.3 is 9.32 Å². The average molecular weight is 349 g/mol. The van der Waals surface area contributed by atoms with E-state index in [0.717, 1.165) is 31.7 Å². The molecule has 0 saturated carbocycles. The lowest BCUT2D eigenvalue weighted by molar-refractivity contribution is 0.0672. The summed E-state index contributed by atoms with van der Waals surface area (Å²) in [4.78, 5) is 14.8. The standard InChI is InChI=1S/C21H23N3O2/c1-16-5-2-6-17(13-16)18-7-3-11-23(14-18)21(25)20-9-8-19(26-20)15-24-12-4-10-22-24/h2,4-6,8-10,12-13,18H,3,7,11,14-15H2,1H3. The average Bonchev–Trinajstić information content (AvgIpc) is 3.34. The maximum Gasteiger partial charge on any atom is 0.289 e. The zero-order valence-corrected chi connectivity index (χ0v) is 15.0. The maximum atomic E-state index is 12.9. The summed E-state index contributed by atoms with van der Waals surface area (Å²) in [5, 5.41) is 4.17. The molecule has 3 heterocycles. The summed E-state index contributed by atoms with van der Waals surface area (Å²) >= 11 is 0. The van der Waals surface area contributed by atoms with Crippen molar-refractivity contribution in [1.82, 2.24) is 14.7 Å². The molecule has 5 nitrogen and oxygen atoms in total. The number of nitrogens with zero attached hydrogens (tertiary/aromatic N) is 3. The Morgan fingerprint density at radius 1 is 1.27 bits per heavy atom. The summed E-state index contributed by atoms with van der Waals surface area (Å²) in [5.41, 5.74) is 2.58. The number of hydrogen-bond acceptors (Lipinski definition) is 3. The molecule has 1 amide bonds. The van der Waals surface area contributed by atoms with E-state index in [1.807, 2.05) is 23.2 Å². The topological polar surface area (TPSA) is 51.3 Å². The second-order valence-corrected chi connectivity index (χ2v) is 6.97. The minimum atomic E-state index is -0.0194. The second-order valence-electron chi connectivity index (χ2n) is 6.97. The SMILES string of the molecule is Cc1cccc(C2CCCN(C(=O)c3ccc(Cn4cccn4)o3)C2)c1. The van der Waals surface area contributed by atoms with E-state index in [-0.39, 0.29) is 5.91 Å². The quantitative estimate of drug-likeness (QED) is 0.719. The van der Waals surface area contributed by atoms with Crippen LogP contribution in [0.4, 0.5) is 0 Å². The lowest BCUT2D eigenvalue weighted by Crippen LogP contribution is -2.39. The molecule has 4 rings (SSSR count). The molecule has 0 bridgehead atoms. The van der Waals surface area contributed by atoms with Crippen LogP contribution in [0.2, 0.25) is 0 Å². The minimum absolute atomic E-state index is 0.0194. The summed E-state index contributed by atoms with van der Waals surface area (Å²) in [6, 6.07) is 14.1. The van der Waals surface area contributed by atoms with Gasteiger partial charge in [0.15, 0.2) is 5.76 Å². The van der Waals surface area contributed by atoms with Crippen LogP contribution in [-0.2, 0) is 6.54 Å². The van der Waals surface area contributed by atoms with Crippen LogP contribution < -0.4 is 0 Å². The molecule has 0 aliphatic carbocycles. The monoisotopic (exact) mass is 349 g/mol. The Hall–Kier alpha value is -2.82. The van der Waals surface area contributed by atoms with Gasteiger partial charge >= 0.3 is 0 Å². The van der Waals surface area contributed by atoms with Crippen LogP contribution in [0.15, 0.2) is 59.3 Å². The number of aromatic nitrogens is 2. The van der Waals surface area contributed by atoms with Crippen molar-refractivity contribution in [1.29, 1.82) is 0 Å². The summed E-state index contributed by atoms with van der Waals surface area (Å²) < 4.78 is 7.56. The first-order chi connectivity index (χ1) is 12.7. The summed E-state index contributed by atoms with van der Waals surface area (Å²) in [5.74, 6) is 1.53. The van der Waals surface area contributed by atoms with E-state index >= 15 is 0 Å². The Morgan fingerprint density at radius 2 is 2.19 bits per heavy atom. The second kappa shape index (κ2) is 7.20. The van der Waals surface area contributed by atoms with Gasteiger partial charge in [0.2, 0.25) is 0 Å². The van der Waals surface area contributed by atoms with Crippen LogP contribution in [0.3, 0.4) is 0 Å². The van der Waals surface area contributed by atoms with Gasteiger partial charge in [-0.1, -0.05) is 29.8 Å². The van der Waals surface area contributed by atoms with E-state index in [1.165, 1.54) is 11.1 Å². The highest BCUT2D eigenvalue weighted by molar-refractivity contribution is 5.91. The Morgan fingerprint density at radius 3 is 3.00 bits per heavy atom. The Bertz CT molecular complexity index is 882. The number of likely N-dealkylation sites (tertiary alicyclic amines) is 1. The van der Waals surface area contributed by atoms with Crippen molar-refractivity contribution in [3.05, 3.63) is 77.5 Å². The number of carbonyl (C=O) groups is 1. The normalized spacial score (nSPS) is 17.4. The summed E-state index contributed by atoms with van der Waals surface area (Å²) in [6.07, 6.45) is 5.75. The van der Waals surface area contributed by atoms with Crippen molar-refractivity contribution < 1.29 is 9.21 Å². The van der Waals surface area contributed by atoms with E-state index < -0.39 is 0 Å². The van der Waals surface area contributed by atoms with Gasteiger partial charge in [-0.25, -0.2) is 0 Å². The molecule has 0 radical (unpaired) electrons. The van der Waals surface area contributed by atoms with Crippen molar-refractivity contribution in [2.45, 2.75) is 32.2 Å². The zero-order valence-electron chi connectivity index (χ0n) is 15.0. The predicted octanol–water partition coefficient (Wildman–Crippen LogP) is 3.85. The van der Waals surface area contributed by atoms with Crippen molar-refractivity contribution in [2.24, 2.45) is 0 Å². The third-order valence-electron chi connectivity index (χ3n) is 4.97. The molecular formula is C21H23N3O2. The lowest BCUT2D eigenvalue weighted by Gasteiger charge is -2.32. The molecule has 0 spiro atoms. The number of piperidine rings is 1. The van der Waals surface area contributed by atoms with Gasteiger partial charge in [0.1, 0.15) is 5.76 Å². The van der Waals surface area contributed by atoms with Crippen LogP contribution in [0.5, 0.6) is 0 Å². The van der Waals surface area contributed by atoms with Crippen molar-refractivity contribution in [2.75, 3.05) is 13.1 Å². The van der Waals surface area contributed by atoms with E-state index in [2.05, 4.69) is 36.3 Å². The number of furan rings is 1. The molecule has 1 fully saturated rings. The molecule has 5 heteroatoms. The van der Waals surface area contributed by atoms with E-state index in [1.54, 1.807) is 16.9 Å². The molecule has 1 aliphatic rings. The molecule has 3 aromatic rings. The molecule has 26 heavy (non-hydrogen) atoms. The first kappa shape index (κ1) is 16.6. The van der Waals surface area contributed by atoms with E-state index in [4.69, 9.17) is 4.42 Å². The Balaban J connectivity index is 1.45. The van der Waals surface area contributed by atoms with Gasteiger partial charge in [-0.3, -0.25) is 9.48 Å². The molecule has 2 aromatic heterocycles. The highest BCUT2D eigenvalue weighted by Crippen LogP contribution is 2.28. The number of amides is 1. The number of rotatable bonds is 4. The van der Waals surface area contributed by atoms with Crippen LogP contribution in [0.25, 0.3) is 0 Å². The lowest BCUT2D eigenvalue weighted by atomic mass is 9.90. The summed E-state index contributed by atoms with van der Waals surface area (Å²) in [6.45, 7) is 4.18. The molecule has 1 aliphatic heterocycles. The zero-order chi connectivity index (χ0) is 17.9. The summed E-state index contributed by atoms with van der Waals surface area (Å²) in [7, 11) is 0. The van der Waals surface area contributed by atoms with Gasteiger partial charge in [0.05, 0.1) is 6.54 Å². The minimum Gasteiger partial charge on any atom is -0.454 e. The first-order valence-electron chi connectivity index (χ1n) is 9.11. The van der Waals surface area contributed by atoms with Gasteiger partial charge in [-0.15, -0.1) is 0 Å². The number of benzene rings is 1. The fraction of sp³-hybridized carbons (Fsp3) is 0.333. The molecule has 134 valence electrons. The third-order valence-corrected chi connectivity index (χ3v) is 4.97. The van der Waals surface area contributed by atoms with Gasteiger partial charge in [0.25, 0.3) is 5.91 Å². The largest absolute Gasteiger partial charge is 0.454 e. The third kappa shape index (κ3) is 3.57. The number of carbonyl (C=O) groups excluding carboxylic acids is 1. The highest BCUT2D eigenvalue weighted by Gasteiger charge is 2.27. The van der Waals surface area contributed by atoms with Gasteiger partial charge in [0, 0.05) is 31.4 Å². The van der Waals surface area contributed by atoms with Crippen molar-refractivity contribution >= 4 is 5.91 Å². The van der Waals surface area contributed by atoms with Crippen LogP contribution in [0, 0.1) is 6.92 Å². The Labute approximate surface area is 153 Å². The van der Waals surface area contributed by atoms with E-state index in [0.29, 0.717) is 18.2 Å². The van der Waals surface area contributed by atoms with Gasteiger partial charge in [-0.2, -0.15) is 5.10 Å². The fourth-order valence-corrected chi connectivity index (χ4v) is 3.65. The molecule has 1 saturated heterocycles. The number of aryl methyl sites for hydroxylation is 1. The number of hydrogen-bond donors (Lipinski definition) is 0. The maximum absolute atomic E-state index is 12.9. The smallest absolute Gasteiger partial charge is 0.289 e. The van der Waals surface area contributed by atoms with E-state index in [9.17, 15) is 4.79 Å². The van der Waals surface area contributed by atoms with Crippen LogP contribution in [0.1, 0.15) is 46.2 Å². The van der Waals surface area contributed by atoms with Crippen LogP contribution in [-0.4, -0.2) is 33.7 Å².